The number of rotatable bonds is 10. The van der Waals surface area contributed by atoms with E-state index in [1.807, 2.05) is 61.2 Å². The van der Waals surface area contributed by atoms with Crippen molar-refractivity contribution >= 4 is 16.8 Å². The number of para-hydroxylation sites is 1. The maximum absolute atomic E-state index is 13.9. The Morgan fingerprint density at radius 2 is 1.61 bits per heavy atom. The number of nitrogens with zero attached hydrogens (tertiary/aromatic N) is 3. The molecule has 0 saturated carbocycles. The van der Waals surface area contributed by atoms with Crippen LogP contribution in [0.15, 0.2) is 77.6 Å². The number of aromatic nitrogens is 2. The van der Waals surface area contributed by atoms with E-state index < -0.39 is 6.04 Å². The Balaban J connectivity index is 1.90. The molecule has 0 radical (unpaired) electrons. The monoisotopic (exact) mass is 513 g/mol. The molecule has 0 spiro atoms. The molecule has 4 aromatic rings. The van der Waals surface area contributed by atoms with Crippen LogP contribution in [0.4, 0.5) is 0 Å². The molecule has 0 aliphatic heterocycles. The van der Waals surface area contributed by atoms with Crippen LogP contribution in [0.2, 0.25) is 0 Å². The number of amides is 1. The fourth-order valence-electron chi connectivity index (χ4n) is 4.67. The lowest BCUT2D eigenvalue weighted by molar-refractivity contribution is 0.0631. The van der Waals surface area contributed by atoms with Crippen molar-refractivity contribution in [2.45, 2.75) is 40.2 Å². The second-order valence-corrected chi connectivity index (χ2v) is 9.56. The molecular weight excluding hydrogens is 478 g/mol. The highest BCUT2D eigenvalue weighted by atomic mass is 16.5. The van der Waals surface area contributed by atoms with E-state index in [9.17, 15) is 9.59 Å². The number of carbonyl (C=O) groups excluding carboxylic acids is 1. The Labute approximate surface area is 223 Å². The van der Waals surface area contributed by atoms with Gasteiger partial charge in [-0.05, 0) is 79.9 Å². The van der Waals surface area contributed by atoms with Crippen LogP contribution in [-0.4, -0.2) is 40.6 Å². The zero-order valence-corrected chi connectivity index (χ0v) is 22.7. The van der Waals surface area contributed by atoms with E-state index in [0.29, 0.717) is 53.3 Å². The number of fused-ring (bicyclic) bond motifs is 1. The van der Waals surface area contributed by atoms with Crippen LogP contribution < -0.4 is 15.0 Å². The molecule has 1 atom stereocenters. The van der Waals surface area contributed by atoms with E-state index in [1.165, 1.54) is 0 Å². The summed E-state index contributed by atoms with van der Waals surface area (Å²) >= 11 is 0. The van der Waals surface area contributed by atoms with Gasteiger partial charge in [0.25, 0.3) is 11.5 Å². The molecule has 4 rings (SSSR count). The van der Waals surface area contributed by atoms with E-state index in [4.69, 9.17) is 14.5 Å². The van der Waals surface area contributed by atoms with E-state index in [-0.39, 0.29) is 17.4 Å². The minimum Gasteiger partial charge on any atom is -0.497 e. The molecule has 0 bridgehead atoms. The fourth-order valence-corrected chi connectivity index (χ4v) is 4.67. The van der Waals surface area contributed by atoms with Gasteiger partial charge >= 0.3 is 0 Å². The average molecular weight is 514 g/mol. The second kappa shape index (κ2) is 11.9. The highest BCUT2D eigenvalue weighted by molar-refractivity contribution is 5.94. The van der Waals surface area contributed by atoms with Gasteiger partial charge in [0.15, 0.2) is 0 Å². The molecule has 7 heteroatoms. The number of methoxy groups -OCH3 is 1. The third-order valence-corrected chi connectivity index (χ3v) is 6.43. The summed E-state index contributed by atoms with van der Waals surface area (Å²) in [6.45, 7) is 9.16. The Morgan fingerprint density at radius 3 is 2.21 bits per heavy atom. The first-order chi connectivity index (χ1) is 18.4. The van der Waals surface area contributed by atoms with Crippen LogP contribution in [0, 0.1) is 5.92 Å². The summed E-state index contributed by atoms with van der Waals surface area (Å²) in [4.78, 5) is 34.7. The van der Waals surface area contributed by atoms with Crippen molar-refractivity contribution in [3.05, 3.63) is 94.5 Å². The molecule has 1 aromatic heterocycles. The molecule has 0 saturated heterocycles. The Hall–Kier alpha value is -4.13. The number of benzene rings is 3. The quantitative estimate of drug-likeness (QED) is 0.258. The largest absolute Gasteiger partial charge is 0.497 e. The lowest BCUT2D eigenvalue weighted by Crippen LogP contribution is -2.40. The van der Waals surface area contributed by atoms with Gasteiger partial charge in [-0.25, -0.2) is 4.98 Å². The van der Waals surface area contributed by atoms with Crippen molar-refractivity contribution < 1.29 is 14.3 Å². The summed E-state index contributed by atoms with van der Waals surface area (Å²) in [7, 11) is 1.60. The van der Waals surface area contributed by atoms with Crippen molar-refractivity contribution in [3.8, 4) is 17.2 Å². The topological polar surface area (TPSA) is 73.7 Å². The molecule has 198 valence electrons. The van der Waals surface area contributed by atoms with Crippen LogP contribution >= 0.6 is 0 Å². The predicted molar refractivity (Wildman–Crippen MR) is 150 cm³/mol. The highest BCUT2D eigenvalue weighted by Gasteiger charge is 2.30. The minimum absolute atomic E-state index is 0.117. The predicted octanol–water partition coefficient (Wildman–Crippen LogP) is 6.04. The van der Waals surface area contributed by atoms with Crippen molar-refractivity contribution in [1.82, 2.24) is 14.5 Å². The lowest BCUT2D eigenvalue weighted by atomic mass is 10.1. The van der Waals surface area contributed by atoms with Crippen LogP contribution in [0.5, 0.6) is 11.5 Å². The van der Waals surface area contributed by atoms with Gasteiger partial charge < -0.3 is 14.4 Å². The first-order valence-electron chi connectivity index (χ1n) is 13.1. The first-order valence-corrected chi connectivity index (χ1v) is 13.1. The summed E-state index contributed by atoms with van der Waals surface area (Å²) in [5.74, 6) is 2.03. The summed E-state index contributed by atoms with van der Waals surface area (Å²) in [5.41, 5.74) is 1.66. The SMILES string of the molecule is CCOc1ccc(-n2c(C(CC)N(CC(C)C)C(=O)c3ccc(OC)cc3)nc3ccccc3c2=O)cc1. The van der Waals surface area contributed by atoms with Crippen LogP contribution in [0.3, 0.4) is 0 Å². The second-order valence-electron chi connectivity index (χ2n) is 9.56. The zero-order chi connectivity index (χ0) is 27.2. The molecule has 38 heavy (non-hydrogen) atoms. The smallest absolute Gasteiger partial charge is 0.266 e. The summed E-state index contributed by atoms with van der Waals surface area (Å²) < 4.78 is 12.5. The van der Waals surface area contributed by atoms with E-state index in [2.05, 4.69) is 13.8 Å². The van der Waals surface area contributed by atoms with E-state index in [1.54, 1.807) is 42.0 Å². The highest BCUT2D eigenvalue weighted by Crippen LogP contribution is 2.29. The van der Waals surface area contributed by atoms with Gasteiger partial charge in [-0.2, -0.15) is 0 Å². The van der Waals surface area contributed by atoms with Crippen molar-refractivity contribution in [3.63, 3.8) is 0 Å². The molecule has 1 unspecified atom stereocenters. The van der Waals surface area contributed by atoms with Gasteiger partial charge in [-0.15, -0.1) is 0 Å². The van der Waals surface area contributed by atoms with E-state index >= 15 is 0 Å². The standard InChI is InChI=1S/C31H35N3O4/c1-6-28(33(20-21(3)4)30(35)22-12-16-24(37-5)17-13-22)29-32-27-11-9-8-10-26(27)31(36)34(29)23-14-18-25(19-15-23)38-7-2/h8-19,21,28H,6-7,20H2,1-5H3. The molecule has 0 fully saturated rings. The zero-order valence-electron chi connectivity index (χ0n) is 22.7. The molecule has 1 amide bonds. The number of hydrogen-bond acceptors (Lipinski definition) is 5. The van der Waals surface area contributed by atoms with Crippen molar-refractivity contribution in [1.29, 1.82) is 0 Å². The van der Waals surface area contributed by atoms with Crippen LogP contribution in [0.25, 0.3) is 16.6 Å². The molecule has 3 aromatic carbocycles. The maximum Gasteiger partial charge on any atom is 0.266 e. The molecule has 0 aliphatic rings. The summed E-state index contributed by atoms with van der Waals surface area (Å²) in [5, 5.41) is 0.525. The molecule has 1 heterocycles. The number of hydrogen-bond donors (Lipinski definition) is 0. The lowest BCUT2D eigenvalue weighted by Gasteiger charge is -2.33. The van der Waals surface area contributed by atoms with Gasteiger partial charge in [-0.1, -0.05) is 32.9 Å². The summed E-state index contributed by atoms with van der Waals surface area (Å²) in [6, 6.07) is 21.4. The Morgan fingerprint density at radius 1 is 0.947 bits per heavy atom. The van der Waals surface area contributed by atoms with Crippen molar-refractivity contribution in [2.75, 3.05) is 20.3 Å². The van der Waals surface area contributed by atoms with Gasteiger partial charge in [0.2, 0.25) is 0 Å². The Kier molecular flexibility index (Phi) is 8.46. The normalized spacial score (nSPS) is 11.9. The number of carbonyl (C=O) groups is 1. The average Bonchev–Trinajstić information content (AvgIpc) is 2.93. The van der Waals surface area contributed by atoms with Gasteiger partial charge in [0.1, 0.15) is 17.3 Å². The third kappa shape index (κ3) is 5.57. The van der Waals surface area contributed by atoms with Crippen LogP contribution in [0.1, 0.15) is 56.3 Å². The third-order valence-electron chi connectivity index (χ3n) is 6.43. The maximum atomic E-state index is 13.9. The molecule has 0 aliphatic carbocycles. The van der Waals surface area contributed by atoms with E-state index in [0.717, 1.165) is 5.75 Å². The van der Waals surface area contributed by atoms with Gasteiger partial charge in [0, 0.05) is 12.1 Å². The Bertz CT molecular complexity index is 1440. The van der Waals surface area contributed by atoms with Crippen molar-refractivity contribution in [2.24, 2.45) is 5.92 Å². The molecule has 7 nitrogen and oxygen atoms in total. The first kappa shape index (κ1) is 26.9. The fraction of sp³-hybridized carbons (Fsp3) is 0.323. The van der Waals surface area contributed by atoms with Gasteiger partial charge in [-0.3, -0.25) is 14.2 Å². The van der Waals surface area contributed by atoms with Gasteiger partial charge in [0.05, 0.1) is 36.3 Å². The summed E-state index contributed by atoms with van der Waals surface area (Å²) in [6.07, 6.45) is 0.580. The van der Waals surface area contributed by atoms with Crippen LogP contribution in [-0.2, 0) is 0 Å². The molecule has 0 N–H and O–H groups in total. The minimum atomic E-state index is -0.434. The number of ether oxygens (including phenoxy) is 2. The molecular formula is C31H35N3O4.